The lowest BCUT2D eigenvalue weighted by atomic mass is 10.0. The van der Waals surface area contributed by atoms with Crippen LogP contribution < -0.4 is 10.6 Å². The highest BCUT2D eigenvalue weighted by molar-refractivity contribution is 6.34. The Morgan fingerprint density at radius 3 is 3.07 bits per heavy atom. The van der Waals surface area contributed by atoms with Crippen molar-refractivity contribution in [2.45, 2.75) is 5.92 Å². The number of nitrogens with one attached hydrogen (secondary N) is 2. The molecule has 1 aliphatic rings. The Labute approximate surface area is 87.4 Å². The zero-order valence-corrected chi connectivity index (χ0v) is 8.56. The smallest absolute Gasteiger partial charge is 0.233 e. The van der Waals surface area contributed by atoms with E-state index in [1.165, 1.54) is 0 Å². The monoisotopic (exact) mass is 210 g/mol. The summed E-state index contributed by atoms with van der Waals surface area (Å²) in [5.74, 6) is -0.101. The van der Waals surface area contributed by atoms with Gasteiger partial charge in [0.05, 0.1) is 16.6 Å². The number of hydrogen-bond donors (Lipinski definition) is 2. The number of halogens is 1. The van der Waals surface area contributed by atoms with Crippen LogP contribution in [0.25, 0.3) is 0 Å². The molecule has 0 spiro atoms. The Morgan fingerprint density at radius 2 is 2.36 bits per heavy atom. The molecule has 0 bridgehead atoms. The molecule has 1 atom stereocenters. The van der Waals surface area contributed by atoms with Gasteiger partial charge in [-0.1, -0.05) is 23.7 Å². The van der Waals surface area contributed by atoms with Gasteiger partial charge in [-0.2, -0.15) is 0 Å². The van der Waals surface area contributed by atoms with E-state index >= 15 is 0 Å². The second kappa shape index (κ2) is 3.59. The lowest BCUT2D eigenvalue weighted by Crippen LogP contribution is -2.23. The van der Waals surface area contributed by atoms with Crippen LogP contribution in [0.15, 0.2) is 18.2 Å². The van der Waals surface area contributed by atoms with Gasteiger partial charge < -0.3 is 10.6 Å². The SMILES string of the molecule is CNCC1C(=O)Nc2c(Cl)cccc21. The maximum Gasteiger partial charge on any atom is 0.233 e. The Balaban J connectivity index is 2.42. The van der Waals surface area contributed by atoms with Crippen molar-refractivity contribution >= 4 is 23.2 Å². The van der Waals surface area contributed by atoms with Gasteiger partial charge in [-0.3, -0.25) is 4.79 Å². The second-order valence-corrected chi connectivity index (χ2v) is 3.71. The van der Waals surface area contributed by atoms with Gasteiger partial charge in [0.2, 0.25) is 5.91 Å². The maximum atomic E-state index is 11.6. The number of benzene rings is 1. The van der Waals surface area contributed by atoms with E-state index in [0.29, 0.717) is 11.6 Å². The molecule has 3 nitrogen and oxygen atoms in total. The van der Waals surface area contributed by atoms with Crippen molar-refractivity contribution in [1.82, 2.24) is 5.32 Å². The second-order valence-electron chi connectivity index (χ2n) is 3.30. The first kappa shape index (κ1) is 9.49. The normalized spacial score (nSPS) is 19.3. The summed E-state index contributed by atoms with van der Waals surface area (Å²) in [7, 11) is 1.83. The van der Waals surface area contributed by atoms with Crippen molar-refractivity contribution in [2.24, 2.45) is 0 Å². The van der Waals surface area contributed by atoms with E-state index in [2.05, 4.69) is 10.6 Å². The molecule has 1 unspecified atom stereocenters. The van der Waals surface area contributed by atoms with Gasteiger partial charge in [-0.25, -0.2) is 0 Å². The minimum atomic E-state index is -0.117. The summed E-state index contributed by atoms with van der Waals surface area (Å²) < 4.78 is 0. The molecule has 0 saturated heterocycles. The number of amides is 1. The predicted octanol–water partition coefficient (Wildman–Crippen LogP) is 1.60. The number of anilines is 1. The summed E-state index contributed by atoms with van der Waals surface area (Å²) in [5.41, 5.74) is 1.75. The lowest BCUT2D eigenvalue weighted by Gasteiger charge is -2.06. The van der Waals surface area contributed by atoms with Crippen molar-refractivity contribution in [3.05, 3.63) is 28.8 Å². The maximum absolute atomic E-state index is 11.6. The Kier molecular flexibility index (Phi) is 2.44. The van der Waals surface area contributed by atoms with Crippen LogP contribution in [0.4, 0.5) is 5.69 Å². The minimum Gasteiger partial charge on any atom is -0.324 e. The molecule has 1 aromatic carbocycles. The fourth-order valence-corrected chi connectivity index (χ4v) is 1.95. The molecular formula is C10H11ClN2O. The van der Waals surface area contributed by atoms with Gasteiger partial charge >= 0.3 is 0 Å². The summed E-state index contributed by atoms with van der Waals surface area (Å²) in [6, 6.07) is 5.58. The molecule has 1 amide bonds. The third-order valence-electron chi connectivity index (χ3n) is 2.39. The molecule has 2 rings (SSSR count). The standard InChI is InChI=1S/C10H11ClN2O/c1-12-5-7-6-3-2-4-8(11)9(6)13-10(7)14/h2-4,7,12H,5H2,1H3,(H,13,14). The van der Waals surface area contributed by atoms with Crippen LogP contribution in [0.3, 0.4) is 0 Å². The molecule has 2 N–H and O–H groups in total. The molecule has 0 fully saturated rings. The van der Waals surface area contributed by atoms with Gasteiger partial charge in [0, 0.05) is 6.54 Å². The molecule has 74 valence electrons. The number of carbonyl (C=O) groups excluding carboxylic acids is 1. The first-order valence-corrected chi connectivity index (χ1v) is 4.85. The Bertz CT molecular complexity index is 378. The average Bonchev–Trinajstić information content (AvgIpc) is 2.47. The van der Waals surface area contributed by atoms with Gasteiger partial charge in [0.25, 0.3) is 0 Å². The fourth-order valence-electron chi connectivity index (χ4n) is 1.72. The Hall–Kier alpha value is -1.06. The number of likely N-dealkylation sites (N-methyl/N-ethyl adjacent to an activating group) is 1. The minimum absolute atomic E-state index is 0.0162. The first-order valence-electron chi connectivity index (χ1n) is 4.48. The molecule has 1 aliphatic heterocycles. The number of rotatable bonds is 2. The van der Waals surface area contributed by atoms with Crippen molar-refractivity contribution in [3.63, 3.8) is 0 Å². The predicted molar refractivity (Wildman–Crippen MR) is 56.7 cm³/mol. The van der Waals surface area contributed by atoms with Gasteiger partial charge in [-0.05, 0) is 18.7 Å². The fraction of sp³-hybridized carbons (Fsp3) is 0.300. The number of hydrogen-bond acceptors (Lipinski definition) is 2. The van der Waals surface area contributed by atoms with E-state index < -0.39 is 0 Å². The van der Waals surface area contributed by atoms with Crippen LogP contribution in [-0.2, 0) is 4.79 Å². The van der Waals surface area contributed by atoms with Crippen LogP contribution >= 0.6 is 11.6 Å². The molecule has 0 saturated carbocycles. The zero-order valence-electron chi connectivity index (χ0n) is 7.80. The van der Waals surface area contributed by atoms with Crippen LogP contribution in [0.1, 0.15) is 11.5 Å². The van der Waals surface area contributed by atoms with Gasteiger partial charge in [0.1, 0.15) is 0 Å². The van der Waals surface area contributed by atoms with Gasteiger partial charge in [0.15, 0.2) is 0 Å². The topological polar surface area (TPSA) is 41.1 Å². The summed E-state index contributed by atoms with van der Waals surface area (Å²) >= 11 is 5.97. The summed E-state index contributed by atoms with van der Waals surface area (Å²) in [5, 5.41) is 6.39. The van der Waals surface area contributed by atoms with Crippen LogP contribution in [0.2, 0.25) is 5.02 Å². The van der Waals surface area contributed by atoms with E-state index in [0.717, 1.165) is 11.3 Å². The van der Waals surface area contributed by atoms with E-state index in [9.17, 15) is 4.79 Å². The van der Waals surface area contributed by atoms with E-state index in [-0.39, 0.29) is 11.8 Å². The van der Waals surface area contributed by atoms with Crippen LogP contribution in [-0.4, -0.2) is 19.5 Å². The van der Waals surface area contributed by atoms with Crippen molar-refractivity contribution < 1.29 is 4.79 Å². The molecule has 14 heavy (non-hydrogen) atoms. The molecule has 0 aromatic heterocycles. The molecular weight excluding hydrogens is 200 g/mol. The highest BCUT2D eigenvalue weighted by Gasteiger charge is 2.30. The van der Waals surface area contributed by atoms with Crippen molar-refractivity contribution in [1.29, 1.82) is 0 Å². The van der Waals surface area contributed by atoms with Crippen LogP contribution in [0, 0.1) is 0 Å². The summed E-state index contributed by atoms with van der Waals surface area (Å²) in [6.45, 7) is 0.638. The third kappa shape index (κ3) is 1.38. The zero-order chi connectivity index (χ0) is 10.1. The van der Waals surface area contributed by atoms with Gasteiger partial charge in [-0.15, -0.1) is 0 Å². The third-order valence-corrected chi connectivity index (χ3v) is 2.71. The number of fused-ring (bicyclic) bond motifs is 1. The quantitative estimate of drug-likeness (QED) is 0.779. The Morgan fingerprint density at radius 1 is 1.57 bits per heavy atom. The lowest BCUT2D eigenvalue weighted by molar-refractivity contribution is -0.116. The van der Waals surface area contributed by atoms with Crippen molar-refractivity contribution in [2.75, 3.05) is 18.9 Å². The molecule has 0 radical (unpaired) electrons. The molecule has 4 heteroatoms. The largest absolute Gasteiger partial charge is 0.324 e. The van der Waals surface area contributed by atoms with Crippen LogP contribution in [0.5, 0.6) is 0 Å². The summed E-state index contributed by atoms with van der Waals surface area (Å²) in [4.78, 5) is 11.6. The van der Waals surface area contributed by atoms with E-state index in [1.54, 1.807) is 6.07 Å². The van der Waals surface area contributed by atoms with E-state index in [4.69, 9.17) is 11.6 Å². The highest BCUT2D eigenvalue weighted by Crippen LogP contribution is 2.36. The number of para-hydroxylation sites is 1. The molecule has 1 heterocycles. The average molecular weight is 211 g/mol. The molecule has 1 aromatic rings. The van der Waals surface area contributed by atoms with E-state index in [1.807, 2.05) is 19.2 Å². The number of carbonyl (C=O) groups is 1. The summed E-state index contributed by atoms with van der Waals surface area (Å²) in [6.07, 6.45) is 0. The molecule has 0 aliphatic carbocycles. The van der Waals surface area contributed by atoms with Crippen molar-refractivity contribution in [3.8, 4) is 0 Å². The first-order chi connectivity index (χ1) is 6.74. The highest BCUT2D eigenvalue weighted by atomic mass is 35.5.